The Morgan fingerprint density at radius 1 is 1.07 bits per heavy atom. The van der Waals surface area contributed by atoms with Crippen molar-refractivity contribution in [2.45, 2.75) is 46.5 Å². The Hall–Kier alpha value is -4.23. The van der Waals surface area contributed by atoms with Crippen LogP contribution >= 0.6 is 11.3 Å². The van der Waals surface area contributed by atoms with Gasteiger partial charge in [-0.3, -0.25) is 9.89 Å². The largest absolute Gasteiger partial charge is 0.353 e. The molecule has 0 atom stereocenters. The zero-order chi connectivity index (χ0) is 27.8. The number of allylic oxidation sites excluding steroid dienone is 5. The normalized spacial score (nSPS) is 14.9. The second-order valence-corrected chi connectivity index (χ2v) is 12.1. The molecular formula is C33H33N5OS. The summed E-state index contributed by atoms with van der Waals surface area (Å²) in [5.41, 5.74) is 8.97. The molecule has 3 N–H and O–H groups in total. The molecule has 1 saturated carbocycles. The van der Waals surface area contributed by atoms with E-state index in [4.69, 9.17) is 4.98 Å². The third kappa shape index (κ3) is 5.17. The van der Waals surface area contributed by atoms with Gasteiger partial charge in [0.25, 0.3) is 0 Å². The van der Waals surface area contributed by atoms with Gasteiger partial charge in [0.15, 0.2) is 0 Å². The Bertz CT molecular complexity index is 1810. The number of nitrogens with zero attached hydrogens (tertiary/aromatic N) is 2. The summed E-state index contributed by atoms with van der Waals surface area (Å²) in [6.07, 6.45) is 8.17. The van der Waals surface area contributed by atoms with E-state index in [1.807, 2.05) is 38.1 Å². The van der Waals surface area contributed by atoms with Crippen molar-refractivity contribution in [3.8, 4) is 21.8 Å². The molecule has 1 amide bonds. The van der Waals surface area contributed by atoms with Crippen molar-refractivity contribution < 1.29 is 4.79 Å². The highest BCUT2D eigenvalue weighted by Crippen LogP contribution is 2.36. The molecule has 1 aliphatic carbocycles. The monoisotopic (exact) mass is 547 g/mol. The summed E-state index contributed by atoms with van der Waals surface area (Å²) in [5, 5.41) is 12.1. The Labute approximate surface area is 237 Å². The molecule has 0 aliphatic heterocycles. The minimum Gasteiger partial charge on any atom is -0.353 e. The second kappa shape index (κ2) is 10.7. The average molecular weight is 548 g/mol. The summed E-state index contributed by atoms with van der Waals surface area (Å²) >= 11 is 1.80. The standard InChI is InChI=1S/C33H33N5OS/c1-19(2)16-23(17-20(3)34-33(39)22-8-5-6-9-22)26-13-14-28-31(36-26)32(38-37-28)29-18-25-24(10-7-11-27(25)35-29)30-15-12-21(4)40-30/h7,10-18,22,35H,1,5-6,8-9H2,2-4H3,(H,34,39)(H,37,38)/b20-17+,23-16+. The van der Waals surface area contributed by atoms with Gasteiger partial charge in [-0.15, -0.1) is 11.3 Å². The van der Waals surface area contributed by atoms with Crippen LogP contribution in [0, 0.1) is 12.8 Å². The summed E-state index contributed by atoms with van der Waals surface area (Å²) in [5.74, 6) is 0.220. The summed E-state index contributed by atoms with van der Waals surface area (Å²) in [6.45, 7) is 10.1. The summed E-state index contributed by atoms with van der Waals surface area (Å²) in [7, 11) is 0. The number of fused-ring (bicyclic) bond motifs is 2. The maximum Gasteiger partial charge on any atom is 0.227 e. The number of pyridine rings is 1. The highest BCUT2D eigenvalue weighted by atomic mass is 32.1. The number of carbonyl (C=O) groups is 1. The van der Waals surface area contributed by atoms with Crippen molar-refractivity contribution in [1.29, 1.82) is 0 Å². The van der Waals surface area contributed by atoms with Gasteiger partial charge in [-0.1, -0.05) is 43.2 Å². The number of carbonyl (C=O) groups excluding carboxylic acids is 1. The second-order valence-electron chi connectivity index (χ2n) is 10.8. The van der Waals surface area contributed by atoms with Gasteiger partial charge in [0.1, 0.15) is 11.2 Å². The Balaban J connectivity index is 1.37. The number of nitrogens with one attached hydrogen (secondary N) is 3. The molecule has 40 heavy (non-hydrogen) atoms. The van der Waals surface area contributed by atoms with Gasteiger partial charge in [-0.2, -0.15) is 5.10 Å². The fourth-order valence-electron chi connectivity index (χ4n) is 5.53. The maximum absolute atomic E-state index is 12.7. The quantitative estimate of drug-likeness (QED) is 0.179. The van der Waals surface area contributed by atoms with E-state index in [0.29, 0.717) is 0 Å². The van der Waals surface area contributed by atoms with Gasteiger partial charge in [-0.05, 0) is 76.1 Å². The van der Waals surface area contributed by atoms with Crippen molar-refractivity contribution in [3.05, 3.63) is 89.1 Å². The fourth-order valence-corrected chi connectivity index (χ4v) is 6.44. The topological polar surface area (TPSA) is 86.5 Å². The molecule has 6 nitrogen and oxygen atoms in total. The number of thiophene rings is 1. The Kier molecular flexibility index (Phi) is 6.98. The van der Waals surface area contributed by atoms with Crippen molar-refractivity contribution in [1.82, 2.24) is 25.5 Å². The molecule has 1 aliphatic rings. The van der Waals surface area contributed by atoms with Crippen LogP contribution in [-0.4, -0.2) is 26.1 Å². The molecule has 4 heterocycles. The number of aryl methyl sites for hydroxylation is 1. The third-order valence-corrected chi connectivity index (χ3v) is 8.48. The van der Waals surface area contributed by atoms with Gasteiger partial charge >= 0.3 is 0 Å². The molecule has 1 aromatic carbocycles. The molecular weight excluding hydrogens is 514 g/mol. The molecule has 0 saturated heterocycles. The molecule has 0 spiro atoms. The first kappa shape index (κ1) is 26.0. The number of benzene rings is 1. The number of H-pyrrole nitrogens is 2. The first-order valence-corrected chi connectivity index (χ1v) is 14.6. The van der Waals surface area contributed by atoms with Crippen LogP contribution in [0.2, 0.25) is 0 Å². The molecule has 5 aromatic rings. The van der Waals surface area contributed by atoms with Crippen LogP contribution in [0.4, 0.5) is 0 Å². The molecule has 4 aromatic heterocycles. The average Bonchev–Trinajstić information content (AvgIpc) is 3.73. The van der Waals surface area contributed by atoms with E-state index in [1.54, 1.807) is 11.3 Å². The summed E-state index contributed by atoms with van der Waals surface area (Å²) < 4.78 is 0. The van der Waals surface area contributed by atoms with Crippen LogP contribution < -0.4 is 5.32 Å². The van der Waals surface area contributed by atoms with Crippen molar-refractivity contribution in [2.24, 2.45) is 5.92 Å². The van der Waals surface area contributed by atoms with Gasteiger partial charge in [0, 0.05) is 43.4 Å². The first-order valence-electron chi connectivity index (χ1n) is 13.8. The number of aromatic amines is 2. The first-order chi connectivity index (χ1) is 19.4. The van der Waals surface area contributed by atoms with Crippen LogP contribution in [0.3, 0.4) is 0 Å². The number of hydrogen-bond acceptors (Lipinski definition) is 4. The molecule has 0 bridgehead atoms. The van der Waals surface area contributed by atoms with Crippen LogP contribution in [0.1, 0.15) is 50.1 Å². The Morgan fingerprint density at radius 3 is 2.65 bits per heavy atom. The molecule has 1 fully saturated rings. The van der Waals surface area contributed by atoms with E-state index in [-0.39, 0.29) is 11.8 Å². The lowest BCUT2D eigenvalue weighted by Crippen LogP contribution is -2.27. The van der Waals surface area contributed by atoms with Crippen LogP contribution in [0.5, 0.6) is 0 Å². The molecule has 0 unspecified atom stereocenters. The number of aromatic nitrogens is 4. The lowest BCUT2D eigenvalue weighted by Gasteiger charge is -2.12. The van der Waals surface area contributed by atoms with E-state index < -0.39 is 0 Å². The van der Waals surface area contributed by atoms with Crippen LogP contribution in [-0.2, 0) is 4.79 Å². The zero-order valence-electron chi connectivity index (χ0n) is 23.1. The Morgan fingerprint density at radius 2 is 1.90 bits per heavy atom. The van der Waals surface area contributed by atoms with E-state index in [2.05, 4.69) is 70.4 Å². The van der Waals surface area contributed by atoms with Crippen LogP contribution in [0.25, 0.3) is 49.3 Å². The number of amides is 1. The summed E-state index contributed by atoms with van der Waals surface area (Å²) in [4.78, 5) is 23.9. The van der Waals surface area contributed by atoms with E-state index in [0.717, 1.165) is 81.5 Å². The summed E-state index contributed by atoms with van der Waals surface area (Å²) in [6, 6.07) is 16.8. The number of rotatable bonds is 7. The molecule has 0 radical (unpaired) electrons. The highest BCUT2D eigenvalue weighted by molar-refractivity contribution is 7.15. The van der Waals surface area contributed by atoms with Crippen molar-refractivity contribution in [3.63, 3.8) is 0 Å². The lowest BCUT2D eigenvalue weighted by atomic mass is 10.1. The molecule has 7 heteroatoms. The maximum atomic E-state index is 12.7. The highest BCUT2D eigenvalue weighted by Gasteiger charge is 2.22. The van der Waals surface area contributed by atoms with Gasteiger partial charge in [0.05, 0.1) is 16.9 Å². The van der Waals surface area contributed by atoms with E-state index in [9.17, 15) is 4.79 Å². The fraction of sp³-hybridized carbons (Fsp3) is 0.242. The van der Waals surface area contributed by atoms with Gasteiger partial charge in [0.2, 0.25) is 5.91 Å². The van der Waals surface area contributed by atoms with Crippen molar-refractivity contribution >= 4 is 44.8 Å². The molecule has 202 valence electrons. The minimum absolute atomic E-state index is 0.109. The third-order valence-electron chi connectivity index (χ3n) is 7.45. The predicted octanol–water partition coefficient (Wildman–Crippen LogP) is 8.31. The van der Waals surface area contributed by atoms with Gasteiger partial charge < -0.3 is 10.3 Å². The lowest BCUT2D eigenvalue weighted by molar-refractivity contribution is -0.124. The SMILES string of the molecule is C=C(C)/C=C(\C=C(/C)NC(=O)C1CCCC1)c1ccc2[nH]nc(-c3cc4c(-c5ccc(C)s5)cccc4[nH]3)c2n1. The smallest absolute Gasteiger partial charge is 0.227 e. The molecule has 6 rings (SSSR count). The van der Waals surface area contributed by atoms with Gasteiger partial charge in [-0.25, -0.2) is 4.98 Å². The minimum atomic E-state index is 0.109. The zero-order valence-corrected chi connectivity index (χ0v) is 23.9. The van der Waals surface area contributed by atoms with Crippen LogP contribution in [0.15, 0.2) is 78.5 Å². The number of hydrogen-bond donors (Lipinski definition) is 3. The van der Waals surface area contributed by atoms with E-state index in [1.165, 1.54) is 15.3 Å². The predicted molar refractivity (Wildman–Crippen MR) is 166 cm³/mol. The van der Waals surface area contributed by atoms with E-state index >= 15 is 0 Å². The van der Waals surface area contributed by atoms with Crippen molar-refractivity contribution in [2.75, 3.05) is 0 Å².